The first-order chi connectivity index (χ1) is 9.24. The van der Waals surface area contributed by atoms with E-state index in [-0.39, 0.29) is 0 Å². The third kappa shape index (κ3) is 2.93. The van der Waals surface area contributed by atoms with Crippen molar-refractivity contribution in [2.24, 2.45) is 0 Å². The number of anilines is 1. The Bertz CT molecular complexity index is 584. The van der Waals surface area contributed by atoms with Gasteiger partial charge in [0, 0.05) is 27.4 Å². The second-order valence-electron chi connectivity index (χ2n) is 4.12. The lowest BCUT2D eigenvalue weighted by atomic mass is 10.2. The molecule has 0 amide bonds. The van der Waals surface area contributed by atoms with E-state index < -0.39 is 0 Å². The predicted octanol–water partition coefficient (Wildman–Crippen LogP) is 3.60. The Morgan fingerprint density at radius 3 is 3.05 bits per heavy atom. The van der Waals surface area contributed by atoms with Gasteiger partial charge < -0.3 is 10.3 Å². The van der Waals surface area contributed by atoms with Crippen LogP contribution in [0.2, 0.25) is 0 Å². The number of benzene rings is 1. The van der Waals surface area contributed by atoms with E-state index in [0.29, 0.717) is 16.8 Å². The maximum atomic E-state index is 5.95. The monoisotopic (exact) mass is 357 g/mol. The van der Waals surface area contributed by atoms with Gasteiger partial charge >= 0.3 is 0 Å². The second kappa shape index (κ2) is 5.76. The van der Waals surface area contributed by atoms with Gasteiger partial charge in [-0.15, -0.1) is 11.8 Å². The van der Waals surface area contributed by atoms with E-state index in [1.807, 2.05) is 41.7 Å². The lowest BCUT2D eigenvalue weighted by molar-refractivity contribution is 0.423. The minimum absolute atomic E-state index is 0.324. The molecule has 4 nitrogen and oxygen atoms in total. The molecule has 2 aromatic rings. The molecule has 100 valence electrons. The Hall–Kier alpha value is -0.660. The molecule has 0 spiro atoms. The third-order valence-electron chi connectivity index (χ3n) is 2.79. The summed E-state index contributed by atoms with van der Waals surface area (Å²) in [5.41, 5.74) is 7.37. The quantitative estimate of drug-likeness (QED) is 0.828. The summed E-state index contributed by atoms with van der Waals surface area (Å²) in [4.78, 5) is 4.49. The molecule has 1 unspecified atom stereocenters. The number of nitrogens with two attached hydrogens (primary N) is 1. The van der Waals surface area contributed by atoms with Gasteiger partial charge in [0.05, 0.1) is 10.8 Å². The highest BCUT2D eigenvalue weighted by Crippen LogP contribution is 2.36. The lowest BCUT2D eigenvalue weighted by Gasteiger charge is -2.16. The van der Waals surface area contributed by atoms with Gasteiger partial charge in [0.25, 0.3) is 5.89 Å². The number of rotatable bonds is 2. The van der Waals surface area contributed by atoms with Crippen molar-refractivity contribution in [2.45, 2.75) is 5.25 Å². The second-order valence-corrected chi connectivity index (χ2v) is 7.50. The Balaban J connectivity index is 1.89. The molecule has 19 heavy (non-hydrogen) atoms. The first-order valence-electron chi connectivity index (χ1n) is 5.82. The number of halogens is 1. The highest BCUT2D eigenvalue weighted by molar-refractivity contribution is 9.10. The van der Waals surface area contributed by atoms with Gasteiger partial charge in [0.2, 0.25) is 0 Å². The van der Waals surface area contributed by atoms with Crippen molar-refractivity contribution in [2.75, 3.05) is 23.0 Å². The molecule has 1 aliphatic heterocycles. The van der Waals surface area contributed by atoms with E-state index in [1.54, 1.807) is 0 Å². The summed E-state index contributed by atoms with van der Waals surface area (Å²) in [6.45, 7) is 0. The fourth-order valence-corrected chi connectivity index (χ4v) is 4.78. The maximum absolute atomic E-state index is 5.95. The van der Waals surface area contributed by atoms with Crippen molar-refractivity contribution in [3.63, 3.8) is 0 Å². The topological polar surface area (TPSA) is 64.9 Å². The molecule has 2 N–H and O–H groups in total. The van der Waals surface area contributed by atoms with Crippen LogP contribution in [0.1, 0.15) is 11.1 Å². The molecule has 1 fully saturated rings. The van der Waals surface area contributed by atoms with E-state index in [9.17, 15) is 0 Å². The average molecular weight is 358 g/mol. The number of nitrogen functional groups attached to an aromatic ring is 1. The number of hydrogen-bond donors (Lipinski definition) is 1. The highest BCUT2D eigenvalue weighted by Gasteiger charge is 2.22. The molecule has 1 aliphatic rings. The van der Waals surface area contributed by atoms with Gasteiger partial charge in [-0.1, -0.05) is 21.1 Å². The summed E-state index contributed by atoms with van der Waals surface area (Å²) in [5.74, 6) is 4.64. The molecule has 7 heteroatoms. The Morgan fingerprint density at radius 2 is 2.26 bits per heavy atom. The van der Waals surface area contributed by atoms with Crippen LogP contribution in [-0.2, 0) is 0 Å². The van der Waals surface area contributed by atoms with Crippen molar-refractivity contribution in [1.82, 2.24) is 10.1 Å². The molecule has 1 aromatic heterocycles. The Kier molecular flexibility index (Phi) is 4.04. The summed E-state index contributed by atoms with van der Waals surface area (Å²) < 4.78 is 6.30. The van der Waals surface area contributed by atoms with Gasteiger partial charge in [0.1, 0.15) is 0 Å². The summed E-state index contributed by atoms with van der Waals surface area (Å²) in [7, 11) is 0. The minimum Gasteiger partial charge on any atom is -0.398 e. The first kappa shape index (κ1) is 13.3. The molecule has 1 aromatic carbocycles. The van der Waals surface area contributed by atoms with E-state index >= 15 is 0 Å². The summed E-state index contributed by atoms with van der Waals surface area (Å²) in [6, 6.07) is 5.62. The summed E-state index contributed by atoms with van der Waals surface area (Å²) in [6.07, 6.45) is 0. The first-order valence-corrected chi connectivity index (χ1v) is 8.82. The van der Waals surface area contributed by atoms with Gasteiger partial charge in [-0.05, 0) is 18.2 Å². The molecule has 1 atom stereocenters. The zero-order chi connectivity index (χ0) is 13.2. The molecule has 0 bridgehead atoms. The van der Waals surface area contributed by atoms with Crippen LogP contribution in [-0.4, -0.2) is 27.4 Å². The van der Waals surface area contributed by atoms with Crippen LogP contribution >= 0.6 is 39.5 Å². The van der Waals surface area contributed by atoms with Crippen molar-refractivity contribution < 1.29 is 4.52 Å². The van der Waals surface area contributed by atoms with Crippen LogP contribution in [0, 0.1) is 0 Å². The van der Waals surface area contributed by atoms with E-state index in [4.69, 9.17) is 10.3 Å². The number of nitrogens with zero attached hydrogens (tertiary/aromatic N) is 2. The minimum atomic E-state index is 0.324. The lowest BCUT2D eigenvalue weighted by Crippen LogP contribution is -2.07. The van der Waals surface area contributed by atoms with Gasteiger partial charge in [0.15, 0.2) is 5.82 Å². The van der Waals surface area contributed by atoms with Gasteiger partial charge in [-0.25, -0.2) is 0 Å². The molecule has 0 radical (unpaired) electrons. The van der Waals surface area contributed by atoms with Crippen molar-refractivity contribution in [3.05, 3.63) is 28.5 Å². The van der Waals surface area contributed by atoms with Crippen LogP contribution in [0.5, 0.6) is 0 Å². The number of hydrogen-bond acceptors (Lipinski definition) is 6. The predicted molar refractivity (Wildman–Crippen MR) is 84.4 cm³/mol. The summed E-state index contributed by atoms with van der Waals surface area (Å²) >= 11 is 7.24. The molecule has 1 saturated heterocycles. The van der Waals surface area contributed by atoms with Crippen molar-refractivity contribution in [1.29, 1.82) is 0 Å². The Morgan fingerprint density at radius 1 is 1.37 bits per heavy atom. The number of aromatic nitrogens is 2. The fourth-order valence-electron chi connectivity index (χ4n) is 1.83. The maximum Gasteiger partial charge on any atom is 0.260 e. The molecular formula is C12H12BrN3OS2. The van der Waals surface area contributed by atoms with Crippen LogP contribution in [0.3, 0.4) is 0 Å². The zero-order valence-electron chi connectivity index (χ0n) is 10.0. The standard InChI is InChI=1S/C12H12BrN3OS2/c13-7-1-2-9(14)8(5-7)12-15-11(16-17-12)10-6-18-3-4-19-10/h1-2,5,10H,3-4,6,14H2. The highest BCUT2D eigenvalue weighted by atomic mass is 79.9. The smallest absolute Gasteiger partial charge is 0.260 e. The van der Waals surface area contributed by atoms with E-state index in [2.05, 4.69) is 26.1 Å². The van der Waals surface area contributed by atoms with E-state index in [0.717, 1.165) is 27.4 Å². The Labute approximate surface area is 128 Å². The normalized spacial score (nSPS) is 19.5. The zero-order valence-corrected chi connectivity index (χ0v) is 13.2. The number of thioether (sulfide) groups is 2. The van der Waals surface area contributed by atoms with Gasteiger partial charge in [-0.2, -0.15) is 16.7 Å². The molecule has 0 saturated carbocycles. The van der Waals surface area contributed by atoms with Crippen molar-refractivity contribution in [3.8, 4) is 11.5 Å². The average Bonchev–Trinajstić information content (AvgIpc) is 2.92. The van der Waals surface area contributed by atoms with Gasteiger partial charge in [-0.3, -0.25) is 0 Å². The van der Waals surface area contributed by atoms with Crippen LogP contribution in [0.25, 0.3) is 11.5 Å². The SMILES string of the molecule is Nc1ccc(Br)cc1-c1nc(C2CSCCS2)no1. The van der Waals surface area contributed by atoms with E-state index in [1.165, 1.54) is 5.75 Å². The molecule has 0 aliphatic carbocycles. The van der Waals surface area contributed by atoms with Crippen LogP contribution in [0.15, 0.2) is 27.2 Å². The fraction of sp³-hybridized carbons (Fsp3) is 0.333. The van der Waals surface area contributed by atoms with Crippen LogP contribution < -0.4 is 5.73 Å². The molecule has 3 rings (SSSR count). The van der Waals surface area contributed by atoms with Crippen LogP contribution in [0.4, 0.5) is 5.69 Å². The largest absolute Gasteiger partial charge is 0.398 e. The third-order valence-corrected chi connectivity index (χ3v) is 6.04. The molecule has 2 heterocycles. The molecular weight excluding hydrogens is 346 g/mol. The summed E-state index contributed by atoms with van der Waals surface area (Å²) in [5, 5.41) is 4.42. The van der Waals surface area contributed by atoms with Crippen molar-refractivity contribution >= 4 is 45.1 Å².